The highest BCUT2D eigenvalue weighted by molar-refractivity contribution is 6.03. The number of nitrogens with one attached hydrogen (secondary N) is 1. The van der Waals surface area contributed by atoms with E-state index in [0.717, 1.165) is 11.8 Å². The lowest BCUT2D eigenvalue weighted by Crippen LogP contribution is -2.58. The molecule has 2 amide bonds. The molecule has 26 heavy (non-hydrogen) atoms. The highest BCUT2D eigenvalue weighted by atomic mass is 16.5. The molecule has 4 aliphatic carbocycles. The van der Waals surface area contributed by atoms with Crippen LogP contribution in [0.1, 0.15) is 39.0 Å². The molecule has 4 saturated carbocycles. The lowest BCUT2D eigenvalue weighted by molar-refractivity contribution is -0.129. The molecule has 5 heteroatoms. The Labute approximate surface area is 154 Å². The molecule has 1 atom stereocenters. The van der Waals surface area contributed by atoms with Gasteiger partial charge in [-0.3, -0.25) is 14.5 Å². The van der Waals surface area contributed by atoms with E-state index in [-0.39, 0.29) is 18.4 Å². The Morgan fingerprint density at radius 2 is 1.77 bits per heavy atom. The minimum Gasteiger partial charge on any atom is -0.479 e. The predicted molar refractivity (Wildman–Crippen MR) is 97.9 cm³/mol. The zero-order valence-electron chi connectivity index (χ0n) is 15.2. The average molecular weight is 354 g/mol. The van der Waals surface area contributed by atoms with E-state index in [1.807, 2.05) is 24.3 Å². The molecule has 1 unspecified atom stereocenters. The van der Waals surface area contributed by atoms with Crippen LogP contribution in [0.3, 0.4) is 0 Å². The van der Waals surface area contributed by atoms with Crippen LogP contribution < -0.4 is 15.0 Å². The van der Waals surface area contributed by atoms with Crippen LogP contribution in [0.5, 0.6) is 5.75 Å². The van der Waals surface area contributed by atoms with Gasteiger partial charge in [0.1, 0.15) is 12.3 Å². The molecular weight excluding hydrogens is 328 g/mol. The number of benzene rings is 1. The van der Waals surface area contributed by atoms with Crippen LogP contribution in [-0.2, 0) is 9.59 Å². The van der Waals surface area contributed by atoms with Crippen molar-refractivity contribution in [1.82, 2.24) is 5.32 Å². The van der Waals surface area contributed by atoms with E-state index in [9.17, 15) is 9.59 Å². The first-order valence-corrected chi connectivity index (χ1v) is 9.95. The van der Waals surface area contributed by atoms with Gasteiger partial charge in [0, 0.05) is 6.04 Å². The number of hydrogen-bond donors (Lipinski definition) is 1. The minimum atomic E-state index is -0.557. The summed E-state index contributed by atoms with van der Waals surface area (Å²) in [6.45, 7) is 1.81. The summed E-state index contributed by atoms with van der Waals surface area (Å²) in [7, 11) is 0. The molecule has 1 N–H and O–H groups in total. The molecule has 138 valence electrons. The number of carbonyl (C=O) groups is 2. The first-order chi connectivity index (χ1) is 12.6. The molecule has 4 bridgehead atoms. The van der Waals surface area contributed by atoms with Crippen LogP contribution in [0.4, 0.5) is 5.69 Å². The second-order valence-electron chi connectivity index (χ2n) is 8.68. The average Bonchev–Trinajstić information content (AvgIpc) is 2.61. The summed E-state index contributed by atoms with van der Waals surface area (Å²) < 4.78 is 5.66. The van der Waals surface area contributed by atoms with Gasteiger partial charge in [-0.25, -0.2) is 0 Å². The quantitative estimate of drug-likeness (QED) is 0.908. The topological polar surface area (TPSA) is 58.6 Å². The van der Waals surface area contributed by atoms with Crippen LogP contribution in [0, 0.1) is 23.7 Å². The number of anilines is 1. The lowest BCUT2D eigenvalue weighted by atomic mass is 9.54. The third-order valence-electron chi connectivity index (χ3n) is 6.93. The Morgan fingerprint density at radius 1 is 1.12 bits per heavy atom. The van der Waals surface area contributed by atoms with Gasteiger partial charge in [-0.1, -0.05) is 12.1 Å². The molecular formula is C21H26N2O3. The molecule has 5 aliphatic rings. The number of hydrogen-bond acceptors (Lipinski definition) is 3. The van der Waals surface area contributed by atoms with E-state index < -0.39 is 6.10 Å². The Kier molecular flexibility index (Phi) is 3.73. The normalized spacial score (nSPS) is 37.3. The summed E-state index contributed by atoms with van der Waals surface area (Å²) in [5.41, 5.74) is 0.691. The maximum Gasteiger partial charge on any atom is 0.268 e. The van der Waals surface area contributed by atoms with Crippen molar-refractivity contribution in [1.29, 1.82) is 0 Å². The van der Waals surface area contributed by atoms with Gasteiger partial charge in [0.25, 0.3) is 5.91 Å². The van der Waals surface area contributed by atoms with Crippen LogP contribution in [0.25, 0.3) is 0 Å². The summed E-state index contributed by atoms with van der Waals surface area (Å²) in [4.78, 5) is 27.0. The van der Waals surface area contributed by atoms with Crippen molar-refractivity contribution >= 4 is 17.5 Å². The van der Waals surface area contributed by atoms with Crippen molar-refractivity contribution in [3.05, 3.63) is 24.3 Å². The van der Waals surface area contributed by atoms with Gasteiger partial charge in [0.05, 0.1) is 5.69 Å². The zero-order valence-corrected chi connectivity index (χ0v) is 15.2. The molecule has 6 rings (SSSR count). The van der Waals surface area contributed by atoms with Crippen molar-refractivity contribution in [2.24, 2.45) is 23.7 Å². The first kappa shape index (κ1) is 16.2. The van der Waals surface area contributed by atoms with Crippen molar-refractivity contribution in [2.45, 2.75) is 51.2 Å². The van der Waals surface area contributed by atoms with Crippen molar-refractivity contribution in [2.75, 3.05) is 11.4 Å². The largest absolute Gasteiger partial charge is 0.479 e. The fourth-order valence-corrected chi connectivity index (χ4v) is 6.06. The SMILES string of the molecule is CC1Oc2ccccc2N(CC(=O)NC2C3CC4CC(C3)CC2C4)C1=O. The van der Waals surface area contributed by atoms with Gasteiger partial charge in [0.15, 0.2) is 6.10 Å². The second kappa shape index (κ2) is 6.00. The molecule has 0 radical (unpaired) electrons. The van der Waals surface area contributed by atoms with E-state index in [0.29, 0.717) is 29.3 Å². The maximum absolute atomic E-state index is 12.8. The number of carbonyl (C=O) groups excluding carboxylic acids is 2. The standard InChI is InChI=1S/C21H26N2O3/c1-12-21(25)23(17-4-2-3-5-18(17)26-12)11-19(24)22-20-15-7-13-6-14(9-15)10-16(20)8-13/h2-5,12-16,20H,6-11H2,1H3,(H,22,24). The van der Waals surface area contributed by atoms with E-state index in [1.54, 1.807) is 11.8 Å². The third-order valence-corrected chi connectivity index (χ3v) is 6.93. The second-order valence-corrected chi connectivity index (χ2v) is 8.68. The van der Waals surface area contributed by atoms with E-state index >= 15 is 0 Å². The van der Waals surface area contributed by atoms with Crippen molar-refractivity contribution in [3.8, 4) is 5.75 Å². The Balaban J connectivity index is 1.31. The number of fused-ring (bicyclic) bond motifs is 1. The molecule has 5 nitrogen and oxygen atoms in total. The van der Waals surface area contributed by atoms with E-state index in [1.165, 1.54) is 32.1 Å². The molecule has 1 aliphatic heterocycles. The van der Waals surface area contributed by atoms with Gasteiger partial charge in [-0.2, -0.15) is 0 Å². The molecule has 1 aromatic carbocycles. The predicted octanol–water partition coefficient (Wildman–Crippen LogP) is 2.74. The molecule has 1 heterocycles. The Bertz CT molecular complexity index is 719. The zero-order chi connectivity index (χ0) is 17.8. The Hall–Kier alpha value is -2.04. The molecule has 0 saturated heterocycles. The van der Waals surface area contributed by atoms with E-state index in [2.05, 4.69) is 5.32 Å². The summed E-state index contributed by atoms with van der Waals surface area (Å²) in [5.74, 6) is 3.53. The van der Waals surface area contributed by atoms with Crippen LogP contribution in [0.15, 0.2) is 24.3 Å². The highest BCUT2D eigenvalue weighted by Gasteiger charge is 2.48. The monoisotopic (exact) mass is 354 g/mol. The highest BCUT2D eigenvalue weighted by Crippen LogP contribution is 2.53. The summed E-state index contributed by atoms with van der Waals surface area (Å²) in [5, 5.41) is 3.30. The number of amides is 2. The fourth-order valence-electron chi connectivity index (χ4n) is 6.06. The van der Waals surface area contributed by atoms with Gasteiger partial charge < -0.3 is 10.1 Å². The number of ether oxygens (including phenoxy) is 1. The van der Waals surface area contributed by atoms with Gasteiger partial charge in [-0.05, 0) is 74.8 Å². The summed E-state index contributed by atoms with van der Waals surface area (Å²) >= 11 is 0. The van der Waals surface area contributed by atoms with Gasteiger partial charge >= 0.3 is 0 Å². The van der Waals surface area contributed by atoms with Crippen LogP contribution in [-0.4, -0.2) is 30.5 Å². The first-order valence-electron chi connectivity index (χ1n) is 9.95. The maximum atomic E-state index is 12.8. The third kappa shape index (κ3) is 2.60. The van der Waals surface area contributed by atoms with E-state index in [4.69, 9.17) is 4.74 Å². The van der Waals surface area contributed by atoms with Crippen LogP contribution >= 0.6 is 0 Å². The molecule has 0 aromatic heterocycles. The minimum absolute atomic E-state index is 0.0419. The molecule has 0 spiro atoms. The van der Waals surface area contributed by atoms with Crippen molar-refractivity contribution < 1.29 is 14.3 Å². The van der Waals surface area contributed by atoms with Crippen LogP contribution in [0.2, 0.25) is 0 Å². The lowest BCUT2D eigenvalue weighted by Gasteiger charge is -2.54. The smallest absolute Gasteiger partial charge is 0.268 e. The fraction of sp³-hybridized carbons (Fsp3) is 0.619. The molecule has 1 aromatic rings. The number of nitrogens with zero attached hydrogens (tertiary/aromatic N) is 1. The number of para-hydroxylation sites is 2. The summed E-state index contributed by atoms with van der Waals surface area (Å²) in [6.07, 6.45) is 5.94. The Morgan fingerprint density at radius 3 is 2.46 bits per heavy atom. The molecule has 4 fully saturated rings. The van der Waals surface area contributed by atoms with Gasteiger partial charge in [-0.15, -0.1) is 0 Å². The number of rotatable bonds is 3. The summed E-state index contributed by atoms with van der Waals surface area (Å²) in [6, 6.07) is 7.75. The van der Waals surface area contributed by atoms with Gasteiger partial charge in [0.2, 0.25) is 5.91 Å². The van der Waals surface area contributed by atoms with Crippen molar-refractivity contribution in [3.63, 3.8) is 0 Å².